The van der Waals surface area contributed by atoms with Gasteiger partial charge in [0.15, 0.2) is 0 Å². The van der Waals surface area contributed by atoms with Crippen molar-refractivity contribution in [2.24, 2.45) is 16.1 Å². The van der Waals surface area contributed by atoms with E-state index < -0.39 is 0 Å². The van der Waals surface area contributed by atoms with E-state index in [1.165, 1.54) is 0 Å². The summed E-state index contributed by atoms with van der Waals surface area (Å²) in [7, 11) is 0. The number of nitrogens with zero attached hydrogens (tertiary/aromatic N) is 6. The Labute approximate surface area is 180 Å². The van der Waals surface area contributed by atoms with Gasteiger partial charge in [0, 0.05) is 55.6 Å². The number of amides is 2. The molecule has 9 heteroatoms. The van der Waals surface area contributed by atoms with E-state index in [-0.39, 0.29) is 30.1 Å². The lowest BCUT2D eigenvalue weighted by Gasteiger charge is -2.38. The average molecular weight is 426 g/mol. The molecule has 0 radical (unpaired) electrons. The second-order valence-corrected chi connectivity index (χ2v) is 9.35. The predicted molar refractivity (Wildman–Crippen MR) is 114 cm³/mol. The zero-order chi connectivity index (χ0) is 20.3. The van der Waals surface area contributed by atoms with Crippen LogP contribution in [-0.4, -0.2) is 64.1 Å². The Morgan fingerprint density at radius 3 is 2.87 bits per heavy atom. The molecule has 2 aromatic rings. The van der Waals surface area contributed by atoms with Crippen LogP contribution >= 0.6 is 11.3 Å². The fraction of sp³-hybridized carbons (Fsp3) is 0.571. The van der Waals surface area contributed by atoms with Crippen molar-refractivity contribution in [2.75, 3.05) is 26.2 Å². The number of fused-ring (bicyclic) bond motifs is 1. The summed E-state index contributed by atoms with van der Waals surface area (Å²) in [5.41, 5.74) is 1.13. The van der Waals surface area contributed by atoms with E-state index in [9.17, 15) is 4.79 Å². The molecule has 2 saturated heterocycles. The van der Waals surface area contributed by atoms with Crippen molar-refractivity contribution in [2.45, 2.75) is 43.9 Å². The molecule has 0 aliphatic carbocycles. The number of carbonyl (C=O) groups is 1. The molecule has 0 saturated carbocycles. The highest BCUT2D eigenvalue weighted by Crippen LogP contribution is 2.39. The number of aromatic nitrogens is 2. The highest BCUT2D eigenvalue weighted by Gasteiger charge is 2.41. The third-order valence-corrected chi connectivity index (χ3v) is 7.14. The van der Waals surface area contributed by atoms with E-state index in [2.05, 4.69) is 30.4 Å². The molecule has 5 rings (SSSR count). The van der Waals surface area contributed by atoms with Gasteiger partial charge in [-0.3, -0.25) is 9.88 Å². The number of likely N-dealkylation sites (tertiary alicyclic amines) is 2. The lowest BCUT2D eigenvalue weighted by Crippen LogP contribution is -2.54. The van der Waals surface area contributed by atoms with Gasteiger partial charge in [-0.2, -0.15) is 10.2 Å². The first kappa shape index (κ1) is 19.6. The Morgan fingerprint density at radius 1 is 1.13 bits per heavy atom. The first-order valence-electron chi connectivity index (χ1n) is 10.7. The van der Waals surface area contributed by atoms with Gasteiger partial charge in [0.2, 0.25) is 0 Å². The predicted octanol–water partition coefficient (Wildman–Crippen LogP) is 3.11. The Hall–Kier alpha value is -2.39. The monoisotopic (exact) mass is 425 g/mol. The van der Waals surface area contributed by atoms with Crippen LogP contribution in [0.4, 0.5) is 4.79 Å². The third kappa shape index (κ3) is 4.22. The van der Waals surface area contributed by atoms with Gasteiger partial charge in [0.1, 0.15) is 11.0 Å². The molecule has 4 atom stereocenters. The molecular weight excluding hydrogens is 398 g/mol. The van der Waals surface area contributed by atoms with Crippen molar-refractivity contribution in [1.82, 2.24) is 25.1 Å². The Balaban J connectivity index is 1.17. The fourth-order valence-corrected chi connectivity index (χ4v) is 5.49. The minimum absolute atomic E-state index is 0.0251. The molecule has 0 aromatic carbocycles. The van der Waals surface area contributed by atoms with Crippen molar-refractivity contribution >= 4 is 17.4 Å². The molecule has 4 unspecified atom stereocenters. The van der Waals surface area contributed by atoms with Gasteiger partial charge < -0.3 is 10.2 Å². The van der Waals surface area contributed by atoms with Crippen LogP contribution in [0.1, 0.15) is 35.9 Å². The average Bonchev–Trinajstić information content (AvgIpc) is 3.44. The number of rotatable bonds is 4. The van der Waals surface area contributed by atoms with Gasteiger partial charge >= 0.3 is 6.03 Å². The molecule has 158 valence electrons. The lowest BCUT2D eigenvalue weighted by molar-refractivity contribution is 0.139. The molecule has 2 amide bonds. The highest BCUT2D eigenvalue weighted by molar-refractivity contribution is 7.09. The summed E-state index contributed by atoms with van der Waals surface area (Å²) in [6.07, 6.45) is 8.46. The van der Waals surface area contributed by atoms with Crippen molar-refractivity contribution < 1.29 is 4.79 Å². The van der Waals surface area contributed by atoms with Crippen LogP contribution in [-0.2, 0) is 6.54 Å². The summed E-state index contributed by atoms with van der Waals surface area (Å²) in [5.74, 6) is 0.250. The molecule has 8 nitrogen and oxygen atoms in total. The van der Waals surface area contributed by atoms with Crippen molar-refractivity contribution in [3.8, 4) is 0 Å². The number of pyridine rings is 1. The van der Waals surface area contributed by atoms with Gasteiger partial charge in [-0.05, 0) is 43.5 Å². The minimum atomic E-state index is 0.0251. The van der Waals surface area contributed by atoms with Crippen LogP contribution < -0.4 is 5.32 Å². The summed E-state index contributed by atoms with van der Waals surface area (Å²) in [6, 6.07) is 4.49. The molecule has 5 heterocycles. The topological polar surface area (TPSA) is 86.1 Å². The number of piperidine rings is 2. The van der Waals surface area contributed by atoms with Crippen LogP contribution in [0.5, 0.6) is 0 Å². The molecule has 3 aliphatic rings. The zero-order valence-electron chi connectivity index (χ0n) is 16.9. The maximum Gasteiger partial charge on any atom is 0.317 e. The minimum Gasteiger partial charge on any atom is -0.334 e. The van der Waals surface area contributed by atoms with E-state index in [1.54, 1.807) is 23.7 Å². The van der Waals surface area contributed by atoms with E-state index >= 15 is 0 Å². The molecule has 0 bridgehead atoms. The maximum absolute atomic E-state index is 13.0. The molecular formula is C21H27N7OS. The summed E-state index contributed by atoms with van der Waals surface area (Å²) >= 11 is 1.69. The molecule has 3 aliphatic heterocycles. The molecule has 2 aromatic heterocycles. The van der Waals surface area contributed by atoms with Crippen LogP contribution in [0.15, 0.2) is 46.3 Å². The first-order valence-corrected chi connectivity index (χ1v) is 11.6. The van der Waals surface area contributed by atoms with E-state index in [0.717, 1.165) is 56.0 Å². The third-order valence-electron chi connectivity index (χ3n) is 6.38. The maximum atomic E-state index is 13.0. The van der Waals surface area contributed by atoms with Crippen LogP contribution in [0.3, 0.4) is 0 Å². The Kier molecular flexibility index (Phi) is 5.72. The van der Waals surface area contributed by atoms with Gasteiger partial charge in [0.25, 0.3) is 0 Å². The molecule has 0 spiro atoms. The number of nitrogens with one attached hydrogen (secondary N) is 1. The van der Waals surface area contributed by atoms with Crippen molar-refractivity contribution in [1.29, 1.82) is 0 Å². The number of hydrogen-bond donors (Lipinski definition) is 1. The van der Waals surface area contributed by atoms with E-state index in [4.69, 9.17) is 0 Å². The number of carbonyl (C=O) groups excluding carboxylic acids is 1. The summed E-state index contributed by atoms with van der Waals surface area (Å²) in [6.45, 7) is 4.26. The van der Waals surface area contributed by atoms with Crippen molar-refractivity contribution in [3.63, 3.8) is 0 Å². The van der Waals surface area contributed by atoms with Crippen LogP contribution in [0, 0.1) is 5.92 Å². The number of hydrogen-bond acceptors (Lipinski definition) is 7. The normalized spacial score (nSPS) is 29.0. The van der Waals surface area contributed by atoms with Gasteiger partial charge in [0.05, 0.1) is 12.6 Å². The SMILES string of the molecule is O=C(NC1CCCN(Cc2nccs2)C1)N1CCC2N=NC(c3ccncc3)C2C1. The quantitative estimate of drug-likeness (QED) is 0.816. The lowest BCUT2D eigenvalue weighted by atomic mass is 9.85. The smallest absolute Gasteiger partial charge is 0.317 e. The second kappa shape index (κ2) is 8.77. The molecule has 2 fully saturated rings. The first-order chi connectivity index (χ1) is 14.8. The molecule has 30 heavy (non-hydrogen) atoms. The Bertz CT molecular complexity index is 875. The largest absolute Gasteiger partial charge is 0.334 e. The second-order valence-electron chi connectivity index (χ2n) is 8.37. The van der Waals surface area contributed by atoms with Gasteiger partial charge in [-0.1, -0.05) is 0 Å². The number of urea groups is 1. The van der Waals surface area contributed by atoms with Crippen LogP contribution in [0.25, 0.3) is 0 Å². The van der Waals surface area contributed by atoms with Crippen molar-refractivity contribution in [3.05, 3.63) is 46.7 Å². The van der Waals surface area contributed by atoms with Gasteiger partial charge in [-0.15, -0.1) is 11.3 Å². The van der Waals surface area contributed by atoms with E-state index in [1.807, 2.05) is 28.6 Å². The highest BCUT2D eigenvalue weighted by atomic mass is 32.1. The summed E-state index contributed by atoms with van der Waals surface area (Å²) in [5, 5.41) is 15.5. The number of azo groups is 1. The summed E-state index contributed by atoms with van der Waals surface area (Å²) in [4.78, 5) is 25.9. The van der Waals surface area contributed by atoms with Gasteiger partial charge in [-0.25, -0.2) is 9.78 Å². The van der Waals surface area contributed by atoms with Crippen LogP contribution in [0.2, 0.25) is 0 Å². The standard InChI is InChI=1S/C21H27N7OS/c29-21(24-16-2-1-9-27(12-16)14-19-23-8-11-30-19)28-10-5-18-17(13-28)20(26-25-18)15-3-6-22-7-4-15/h3-4,6-8,11,16-18,20H,1-2,5,9-10,12-14H2,(H,24,29). The Morgan fingerprint density at radius 2 is 2.03 bits per heavy atom. The number of thiazole rings is 1. The zero-order valence-corrected chi connectivity index (χ0v) is 17.7. The fourth-order valence-electron chi connectivity index (χ4n) is 4.83. The van der Waals surface area contributed by atoms with E-state index in [0.29, 0.717) is 6.54 Å². The summed E-state index contributed by atoms with van der Waals surface area (Å²) < 4.78 is 0. The molecule has 1 N–H and O–H groups in total.